The van der Waals surface area contributed by atoms with E-state index in [1.54, 1.807) is 12.4 Å². The van der Waals surface area contributed by atoms with Crippen LogP contribution in [0.15, 0.2) is 28.9 Å². The highest BCUT2D eigenvalue weighted by Crippen LogP contribution is 2.15. The van der Waals surface area contributed by atoms with Crippen LogP contribution in [-0.2, 0) is 11.0 Å². The molecule has 0 spiro atoms. The first-order chi connectivity index (χ1) is 8.45. The van der Waals surface area contributed by atoms with E-state index in [1.807, 2.05) is 32.9 Å². The molecule has 1 rings (SSSR count). The third-order valence-electron chi connectivity index (χ3n) is 2.26. The summed E-state index contributed by atoms with van der Waals surface area (Å²) in [4.78, 5) is 4.07. The molecular formula is C13H19ClN2OS. The Bertz CT molecular complexity index is 426. The van der Waals surface area contributed by atoms with E-state index in [1.165, 1.54) is 0 Å². The first kappa shape index (κ1) is 15.3. The van der Waals surface area contributed by atoms with Gasteiger partial charge in [-0.15, -0.1) is 11.6 Å². The first-order valence-electron chi connectivity index (χ1n) is 5.91. The first-order valence-corrected chi connectivity index (χ1v) is 7.55. The summed E-state index contributed by atoms with van der Waals surface area (Å²) in [6.07, 6.45) is 4.99. The molecule has 3 nitrogen and oxygen atoms in total. The largest absolute Gasteiger partial charge is 0.264 e. The van der Waals surface area contributed by atoms with Crippen molar-refractivity contribution in [2.75, 3.05) is 5.88 Å². The Kier molecular flexibility index (Phi) is 5.96. The molecule has 0 fully saturated rings. The van der Waals surface area contributed by atoms with Gasteiger partial charge in [-0.05, 0) is 39.7 Å². The topological polar surface area (TPSA) is 42.3 Å². The van der Waals surface area contributed by atoms with E-state index in [-0.39, 0.29) is 4.75 Å². The summed E-state index contributed by atoms with van der Waals surface area (Å²) in [5.74, 6) is 0.571. The van der Waals surface area contributed by atoms with Crippen molar-refractivity contribution >= 4 is 28.3 Å². The fourth-order valence-electron chi connectivity index (χ4n) is 1.25. The quantitative estimate of drug-likeness (QED) is 0.615. The van der Waals surface area contributed by atoms with Gasteiger partial charge in [0.15, 0.2) is 0 Å². The van der Waals surface area contributed by atoms with E-state index in [9.17, 15) is 4.21 Å². The third kappa shape index (κ3) is 4.86. The summed E-state index contributed by atoms with van der Waals surface area (Å²) in [5.41, 5.74) is 1.73. The van der Waals surface area contributed by atoms with Crippen LogP contribution in [0.5, 0.6) is 0 Å². The van der Waals surface area contributed by atoms with E-state index in [2.05, 4.69) is 9.38 Å². The SMILES string of the molecule is CC(C)(C)[S@@](=O)/N=C(/CCCCl)c1cccnc1. The van der Waals surface area contributed by atoms with E-state index in [0.29, 0.717) is 5.88 Å². The molecule has 18 heavy (non-hydrogen) atoms. The Morgan fingerprint density at radius 2 is 2.22 bits per heavy atom. The van der Waals surface area contributed by atoms with E-state index < -0.39 is 11.0 Å². The Balaban J connectivity index is 2.99. The molecule has 1 aromatic rings. The van der Waals surface area contributed by atoms with Crippen molar-refractivity contribution in [1.29, 1.82) is 0 Å². The van der Waals surface area contributed by atoms with Gasteiger partial charge in [0.2, 0.25) is 0 Å². The predicted molar refractivity (Wildman–Crippen MR) is 78.6 cm³/mol. The normalized spacial score (nSPS) is 14.6. The molecule has 0 bridgehead atoms. The van der Waals surface area contributed by atoms with Gasteiger partial charge in [0.05, 0.1) is 10.5 Å². The molecule has 0 unspecified atom stereocenters. The zero-order valence-electron chi connectivity index (χ0n) is 11.0. The van der Waals surface area contributed by atoms with Gasteiger partial charge in [0.25, 0.3) is 0 Å². The highest BCUT2D eigenvalue weighted by molar-refractivity contribution is 7.85. The van der Waals surface area contributed by atoms with Gasteiger partial charge < -0.3 is 0 Å². The summed E-state index contributed by atoms with van der Waals surface area (Å²) in [6.45, 7) is 5.74. The minimum absolute atomic E-state index is 0.353. The van der Waals surface area contributed by atoms with Crippen molar-refractivity contribution in [3.63, 3.8) is 0 Å². The molecule has 0 aromatic carbocycles. The summed E-state index contributed by atoms with van der Waals surface area (Å²) in [6, 6.07) is 3.78. The minimum atomic E-state index is -1.25. The van der Waals surface area contributed by atoms with Crippen molar-refractivity contribution < 1.29 is 4.21 Å². The molecule has 1 aromatic heterocycles. The van der Waals surface area contributed by atoms with Gasteiger partial charge >= 0.3 is 0 Å². The molecule has 0 aliphatic rings. The van der Waals surface area contributed by atoms with Crippen LogP contribution in [0, 0.1) is 0 Å². The lowest BCUT2D eigenvalue weighted by atomic mass is 10.1. The molecule has 0 aliphatic heterocycles. The van der Waals surface area contributed by atoms with Crippen molar-refractivity contribution in [3.05, 3.63) is 30.1 Å². The van der Waals surface area contributed by atoms with Crippen LogP contribution in [0.4, 0.5) is 0 Å². The molecule has 0 radical (unpaired) electrons. The average Bonchev–Trinajstić information content (AvgIpc) is 2.34. The maximum atomic E-state index is 12.1. The smallest absolute Gasteiger partial charge is 0.145 e. The summed E-state index contributed by atoms with van der Waals surface area (Å²) < 4.78 is 16.1. The molecule has 100 valence electrons. The third-order valence-corrected chi connectivity index (χ3v) is 3.96. The second-order valence-corrected chi connectivity index (χ2v) is 7.22. The lowest BCUT2D eigenvalue weighted by molar-refractivity contribution is 0.650. The van der Waals surface area contributed by atoms with Gasteiger partial charge in [-0.1, -0.05) is 6.07 Å². The number of rotatable bonds is 5. The molecule has 0 saturated heterocycles. The Morgan fingerprint density at radius 3 is 2.72 bits per heavy atom. The lowest BCUT2D eigenvalue weighted by Crippen LogP contribution is -2.21. The number of halogens is 1. The maximum Gasteiger partial charge on any atom is 0.145 e. The van der Waals surface area contributed by atoms with Crippen molar-refractivity contribution in [1.82, 2.24) is 4.98 Å². The average molecular weight is 287 g/mol. The highest BCUT2D eigenvalue weighted by atomic mass is 35.5. The monoisotopic (exact) mass is 286 g/mol. The zero-order chi connectivity index (χ0) is 13.6. The van der Waals surface area contributed by atoms with E-state index >= 15 is 0 Å². The van der Waals surface area contributed by atoms with Gasteiger partial charge in [-0.3, -0.25) is 4.98 Å². The molecule has 1 heterocycles. The van der Waals surface area contributed by atoms with E-state index in [0.717, 1.165) is 24.1 Å². The Hall–Kier alpha value is -0.740. The Morgan fingerprint density at radius 1 is 1.50 bits per heavy atom. The van der Waals surface area contributed by atoms with Gasteiger partial charge in [0, 0.05) is 23.8 Å². The molecule has 0 aliphatic carbocycles. The predicted octanol–water partition coefficient (Wildman–Crippen LogP) is 3.35. The number of aromatic nitrogens is 1. The summed E-state index contributed by atoms with van der Waals surface area (Å²) in [7, 11) is -1.25. The van der Waals surface area contributed by atoms with Crippen LogP contribution in [0.25, 0.3) is 0 Å². The highest BCUT2D eigenvalue weighted by Gasteiger charge is 2.20. The number of hydrogen-bond donors (Lipinski definition) is 0. The molecule has 0 amide bonds. The fraction of sp³-hybridized carbons (Fsp3) is 0.538. The zero-order valence-corrected chi connectivity index (χ0v) is 12.6. The van der Waals surface area contributed by atoms with E-state index in [4.69, 9.17) is 11.6 Å². The number of pyridine rings is 1. The van der Waals surface area contributed by atoms with Crippen LogP contribution in [0.2, 0.25) is 0 Å². The second kappa shape index (κ2) is 7.00. The number of nitrogens with zero attached hydrogens (tertiary/aromatic N) is 2. The molecule has 0 saturated carbocycles. The molecule has 5 heteroatoms. The number of hydrogen-bond acceptors (Lipinski definition) is 2. The molecule has 0 N–H and O–H groups in total. The van der Waals surface area contributed by atoms with Crippen molar-refractivity contribution in [3.8, 4) is 0 Å². The molecule has 1 atom stereocenters. The van der Waals surface area contributed by atoms with Crippen molar-refractivity contribution in [2.24, 2.45) is 4.40 Å². The Labute approximate surface area is 116 Å². The maximum absolute atomic E-state index is 12.1. The summed E-state index contributed by atoms with van der Waals surface area (Å²) >= 11 is 5.71. The van der Waals surface area contributed by atoms with Crippen LogP contribution in [-0.4, -0.2) is 25.5 Å². The minimum Gasteiger partial charge on any atom is -0.264 e. The van der Waals surface area contributed by atoms with Crippen molar-refractivity contribution in [2.45, 2.75) is 38.4 Å². The standard InChI is InChI=1S/C13H19ClN2OS/c1-13(2,3)18(17)16-12(7-4-8-14)11-6-5-9-15-10-11/h5-6,9-10H,4,7-8H2,1-3H3/b16-12-/t18-/m1/s1. The van der Waals surface area contributed by atoms with Crippen LogP contribution >= 0.6 is 11.6 Å². The summed E-state index contributed by atoms with van der Waals surface area (Å²) in [5, 5.41) is 0. The van der Waals surface area contributed by atoms with Crippen LogP contribution < -0.4 is 0 Å². The second-order valence-electron chi connectivity index (χ2n) is 4.93. The fourth-order valence-corrected chi connectivity index (χ4v) is 2.05. The van der Waals surface area contributed by atoms with Gasteiger partial charge in [0.1, 0.15) is 11.0 Å². The van der Waals surface area contributed by atoms with Crippen LogP contribution in [0.1, 0.15) is 39.2 Å². The van der Waals surface area contributed by atoms with Gasteiger partial charge in [-0.25, -0.2) is 4.21 Å². The van der Waals surface area contributed by atoms with Crippen LogP contribution in [0.3, 0.4) is 0 Å². The number of alkyl halides is 1. The lowest BCUT2D eigenvalue weighted by Gasteiger charge is -2.15. The molecular weight excluding hydrogens is 268 g/mol. The van der Waals surface area contributed by atoms with Gasteiger partial charge in [-0.2, -0.15) is 4.40 Å².